The van der Waals surface area contributed by atoms with Crippen molar-refractivity contribution in [2.24, 2.45) is 0 Å². The lowest BCUT2D eigenvalue weighted by Crippen LogP contribution is -2.48. The topological polar surface area (TPSA) is 44.7 Å². The molecular formula is C17H21ClF3N5OS. The lowest BCUT2D eigenvalue weighted by atomic mass is 10.3. The average Bonchev–Trinajstić information content (AvgIpc) is 3.04. The molecule has 4 rings (SSSR count). The third-order valence-corrected chi connectivity index (χ3v) is 6.21. The number of rotatable bonds is 4. The summed E-state index contributed by atoms with van der Waals surface area (Å²) in [6, 6.07) is 2.01. The minimum atomic E-state index is -4.14. The van der Waals surface area contributed by atoms with Gasteiger partial charge in [0.25, 0.3) is 0 Å². The molecule has 2 aliphatic rings. The molecule has 2 aliphatic heterocycles. The van der Waals surface area contributed by atoms with E-state index in [1.807, 2.05) is 6.07 Å². The molecule has 4 heterocycles. The van der Waals surface area contributed by atoms with Crippen LogP contribution in [0.25, 0.3) is 10.2 Å². The van der Waals surface area contributed by atoms with Crippen LogP contribution in [0.15, 0.2) is 6.07 Å². The number of piperazine rings is 1. The predicted octanol–water partition coefficient (Wildman–Crippen LogP) is 2.86. The number of fused-ring (bicyclic) bond motifs is 1. The lowest BCUT2D eigenvalue weighted by molar-refractivity contribution is -0.149. The number of hydrogen-bond donors (Lipinski definition) is 0. The molecule has 0 unspecified atom stereocenters. The fourth-order valence-electron chi connectivity index (χ4n) is 3.58. The van der Waals surface area contributed by atoms with Gasteiger partial charge in [-0.2, -0.15) is 18.2 Å². The SMILES string of the molecule is FC(F)(F)CN1CCN(Cc2cc3nc(Cl)nc(N4CCOCC4)c3s2)CC1. The number of morpholine rings is 1. The molecule has 154 valence electrons. The molecule has 2 aromatic heterocycles. The van der Waals surface area contributed by atoms with Gasteiger partial charge >= 0.3 is 6.18 Å². The highest BCUT2D eigenvalue weighted by atomic mass is 35.5. The van der Waals surface area contributed by atoms with Crippen LogP contribution in [0, 0.1) is 0 Å². The second-order valence-corrected chi connectivity index (χ2v) is 8.49. The fraction of sp³-hybridized carbons (Fsp3) is 0.647. The van der Waals surface area contributed by atoms with Crippen molar-refractivity contribution in [1.29, 1.82) is 0 Å². The second kappa shape index (κ2) is 8.27. The minimum absolute atomic E-state index is 0.221. The van der Waals surface area contributed by atoms with Crippen molar-refractivity contribution in [1.82, 2.24) is 19.8 Å². The van der Waals surface area contributed by atoms with Crippen molar-refractivity contribution < 1.29 is 17.9 Å². The Morgan fingerprint density at radius 3 is 2.39 bits per heavy atom. The number of anilines is 1. The minimum Gasteiger partial charge on any atom is -0.378 e. The van der Waals surface area contributed by atoms with Gasteiger partial charge in [0, 0.05) is 50.7 Å². The number of ether oxygens (including phenoxy) is 1. The van der Waals surface area contributed by atoms with E-state index in [2.05, 4.69) is 19.8 Å². The van der Waals surface area contributed by atoms with Gasteiger partial charge in [-0.1, -0.05) is 0 Å². The summed E-state index contributed by atoms with van der Waals surface area (Å²) in [6.45, 7) is 4.78. The van der Waals surface area contributed by atoms with Crippen LogP contribution in [-0.2, 0) is 11.3 Å². The molecule has 0 atom stereocenters. The van der Waals surface area contributed by atoms with Crippen LogP contribution >= 0.6 is 22.9 Å². The van der Waals surface area contributed by atoms with Gasteiger partial charge < -0.3 is 9.64 Å². The molecule has 2 aromatic rings. The Balaban J connectivity index is 1.45. The third-order valence-electron chi connectivity index (χ3n) is 4.94. The van der Waals surface area contributed by atoms with Crippen molar-refractivity contribution in [2.75, 3.05) is 63.9 Å². The Labute approximate surface area is 169 Å². The number of nitrogens with zero attached hydrogens (tertiary/aromatic N) is 5. The smallest absolute Gasteiger partial charge is 0.378 e. The number of aromatic nitrogens is 2. The van der Waals surface area contributed by atoms with E-state index >= 15 is 0 Å². The highest BCUT2D eigenvalue weighted by Crippen LogP contribution is 2.34. The van der Waals surface area contributed by atoms with Crippen molar-refractivity contribution in [3.63, 3.8) is 0 Å². The second-order valence-electron chi connectivity index (χ2n) is 7.01. The van der Waals surface area contributed by atoms with E-state index in [1.54, 1.807) is 11.3 Å². The maximum Gasteiger partial charge on any atom is 0.401 e. The van der Waals surface area contributed by atoms with Gasteiger partial charge in [0.15, 0.2) is 5.82 Å². The largest absolute Gasteiger partial charge is 0.401 e. The van der Waals surface area contributed by atoms with Gasteiger partial charge in [0.05, 0.1) is 30.0 Å². The van der Waals surface area contributed by atoms with Crippen molar-refractivity contribution in [3.8, 4) is 0 Å². The molecule has 0 saturated carbocycles. The van der Waals surface area contributed by atoms with Crippen LogP contribution in [0.4, 0.5) is 19.0 Å². The first-order valence-electron chi connectivity index (χ1n) is 9.17. The van der Waals surface area contributed by atoms with E-state index in [9.17, 15) is 13.2 Å². The zero-order valence-corrected chi connectivity index (χ0v) is 16.8. The standard InChI is InChI=1S/C17H21ClF3N5OS/c18-16-22-13-9-12(10-24-1-3-25(4-2-24)11-17(19,20)21)28-14(13)15(23-16)26-5-7-27-8-6-26/h9H,1-8,10-11H2. The van der Waals surface area contributed by atoms with Crippen LogP contribution in [0.1, 0.15) is 4.88 Å². The molecule has 28 heavy (non-hydrogen) atoms. The summed E-state index contributed by atoms with van der Waals surface area (Å²) >= 11 is 7.76. The Bertz CT molecular complexity index is 819. The Kier molecular flexibility index (Phi) is 5.93. The molecule has 2 saturated heterocycles. The van der Waals surface area contributed by atoms with Gasteiger partial charge in [0.2, 0.25) is 5.28 Å². The molecule has 0 bridgehead atoms. The normalized spacial score (nSPS) is 20.2. The summed E-state index contributed by atoms with van der Waals surface area (Å²) in [4.78, 5) is 15.7. The summed E-state index contributed by atoms with van der Waals surface area (Å²) in [5, 5.41) is 0.221. The van der Waals surface area contributed by atoms with Gasteiger partial charge in [-0.05, 0) is 17.7 Å². The van der Waals surface area contributed by atoms with Gasteiger partial charge in [-0.3, -0.25) is 9.80 Å². The first-order chi connectivity index (χ1) is 13.4. The number of thiophene rings is 1. The predicted molar refractivity (Wildman–Crippen MR) is 103 cm³/mol. The van der Waals surface area contributed by atoms with Crippen LogP contribution in [0.2, 0.25) is 5.28 Å². The van der Waals surface area contributed by atoms with Crippen LogP contribution in [-0.4, -0.2) is 85.0 Å². The number of hydrogen-bond acceptors (Lipinski definition) is 7. The molecule has 0 amide bonds. The van der Waals surface area contributed by atoms with Crippen molar-refractivity contribution >= 4 is 39.0 Å². The molecule has 0 radical (unpaired) electrons. The molecule has 0 N–H and O–H groups in total. The van der Waals surface area contributed by atoms with E-state index in [-0.39, 0.29) is 5.28 Å². The zero-order chi connectivity index (χ0) is 19.7. The number of halogens is 4. The van der Waals surface area contributed by atoms with Crippen molar-refractivity contribution in [3.05, 3.63) is 16.2 Å². The fourth-order valence-corrected chi connectivity index (χ4v) is 4.91. The Morgan fingerprint density at radius 2 is 1.71 bits per heavy atom. The Morgan fingerprint density at radius 1 is 1.04 bits per heavy atom. The molecule has 0 aliphatic carbocycles. The molecule has 11 heteroatoms. The van der Waals surface area contributed by atoms with E-state index < -0.39 is 12.7 Å². The summed E-state index contributed by atoms with van der Waals surface area (Å²) < 4.78 is 44.0. The summed E-state index contributed by atoms with van der Waals surface area (Å²) in [5.41, 5.74) is 0.817. The van der Waals surface area contributed by atoms with E-state index in [1.165, 1.54) is 4.90 Å². The molecule has 0 spiro atoms. The third kappa shape index (κ3) is 4.85. The molecular weight excluding hydrogens is 415 g/mol. The Hall–Kier alpha value is -1.20. The van der Waals surface area contributed by atoms with E-state index in [0.717, 1.165) is 34.0 Å². The van der Waals surface area contributed by atoms with Gasteiger partial charge in [-0.15, -0.1) is 11.3 Å². The number of alkyl halides is 3. The van der Waals surface area contributed by atoms with Crippen molar-refractivity contribution in [2.45, 2.75) is 12.7 Å². The lowest BCUT2D eigenvalue weighted by Gasteiger charge is -2.34. The summed E-state index contributed by atoms with van der Waals surface area (Å²) in [6.07, 6.45) is -4.14. The highest BCUT2D eigenvalue weighted by Gasteiger charge is 2.32. The van der Waals surface area contributed by atoms with Crippen LogP contribution < -0.4 is 4.90 Å². The molecule has 2 fully saturated rings. The van der Waals surface area contributed by atoms with Crippen LogP contribution in [0.5, 0.6) is 0 Å². The van der Waals surface area contributed by atoms with E-state index in [0.29, 0.717) is 45.9 Å². The molecule has 6 nitrogen and oxygen atoms in total. The van der Waals surface area contributed by atoms with Crippen LogP contribution in [0.3, 0.4) is 0 Å². The average molecular weight is 436 g/mol. The summed E-state index contributed by atoms with van der Waals surface area (Å²) in [7, 11) is 0. The maximum absolute atomic E-state index is 12.5. The monoisotopic (exact) mass is 435 g/mol. The van der Waals surface area contributed by atoms with Gasteiger partial charge in [-0.25, -0.2) is 4.98 Å². The first-order valence-corrected chi connectivity index (χ1v) is 10.4. The van der Waals surface area contributed by atoms with Gasteiger partial charge in [0.1, 0.15) is 0 Å². The first kappa shape index (κ1) is 20.1. The highest BCUT2D eigenvalue weighted by molar-refractivity contribution is 7.19. The quantitative estimate of drug-likeness (QED) is 0.688. The maximum atomic E-state index is 12.5. The molecule has 0 aromatic carbocycles. The van der Waals surface area contributed by atoms with E-state index in [4.69, 9.17) is 16.3 Å². The zero-order valence-electron chi connectivity index (χ0n) is 15.2. The summed E-state index contributed by atoms with van der Waals surface area (Å²) in [5.74, 6) is 0.838.